The zero-order valence-corrected chi connectivity index (χ0v) is 21.1. The van der Waals surface area contributed by atoms with Crippen LogP contribution in [0, 0.1) is 0 Å². The number of morpholine rings is 1. The van der Waals surface area contributed by atoms with E-state index >= 15 is 0 Å². The van der Waals surface area contributed by atoms with Crippen molar-refractivity contribution < 1.29 is 22.7 Å². The van der Waals surface area contributed by atoms with Crippen molar-refractivity contribution in [1.82, 2.24) is 10.2 Å². The number of para-hydroxylation sites is 3. The van der Waals surface area contributed by atoms with E-state index in [1.54, 1.807) is 36.4 Å². The number of benzene rings is 3. The molecule has 0 atom stereocenters. The van der Waals surface area contributed by atoms with Crippen LogP contribution in [0.1, 0.15) is 11.1 Å². The van der Waals surface area contributed by atoms with Crippen molar-refractivity contribution in [2.45, 2.75) is 13.1 Å². The van der Waals surface area contributed by atoms with Gasteiger partial charge in [0.05, 0.1) is 25.2 Å². The van der Waals surface area contributed by atoms with Crippen LogP contribution in [0.3, 0.4) is 0 Å². The lowest BCUT2D eigenvalue weighted by Crippen LogP contribution is -2.40. The fraction of sp³-hybridized carbons (Fsp3) is 0.296. The molecule has 0 aromatic heterocycles. The molecule has 0 saturated carbocycles. The van der Waals surface area contributed by atoms with Gasteiger partial charge in [-0.25, -0.2) is 8.42 Å². The summed E-state index contributed by atoms with van der Waals surface area (Å²) in [6.45, 7) is 4.05. The zero-order chi connectivity index (χ0) is 25.4. The van der Waals surface area contributed by atoms with Gasteiger partial charge in [0.15, 0.2) is 5.75 Å². The molecule has 3 aromatic carbocycles. The second-order valence-electron chi connectivity index (χ2n) is 8.64. The number of ether oxygens (including phenoxy) is 2. The van der Waals surface area contributed by atoms with Crippen molar-refractivity contribution in [3.05, 3.63) is 90.0 Å². The molecule has 1 fully saturated rings. The van der Waals surface area contributed by atoms with E-state index in [-0.39, 0.29) is 6.54 Å². The average Bonchev–Trinajstić information content (AvgIpc) is 2.87. The fourth-order valence-corrected chi connectivity index (χ4v) is 4.85. The van der Waals surface area contributed by atoms with Crippen LogP contribution in [0.4, 0.5) is 5.69 Å². The Balaban J connectivity index is 1.42. The van der Waals surface area contributed by atoms with Gasteiger partial charge in [-0.3, -0.25) is 14.0 Å². The fourth-order valence-electron chi connectivity index (χ4n) is 3.99. The Morgan fingerprint density at radius 2 is 1.67 bits per heavy atom. The maximum absolute atomic E-state index is 12.8. The molecule has 1 aliphatic heterocycles. The molecule has 0 unspecified atom stereocenters. The topological polar surface area (TPSA) is 88.2 Å². The Bertz CT molecular complexity index is 1260. The first kappa shape index (κ1) is 25.7. The summed E-state index contributed by atoms with van der Waals surface area (Å²) >= 11 is 0. The van der Waals surface area contributed by atoms with Crippen LogP contribution in [0.25, 0.3) is 0 Å². The Labute approximate surface area is 212 Å². The molecule has 1 saturated heterocycles. The van der Waals surface area contributed by atoms with Crippen LogP contribution in [-0.4, -0.2) is 58.3 Å². The van der Waals surface area contributed by atoms with Gasteiger partial charge < -0.3 is 14.8 Å². The van der Waals surface area contributed by atoms with Crippen LogP contribution in [0.5, 0.6) is 11.5 Å². The Morgan fingerprint density at radius 1 is 0.972 bits per heavy atom. The molecule has 1 heterocycles. The van der Waals surface area contributed by atoms with E-state index in [4.69, 9.17) is 9.47 Å². The van der Waals surface area contributed by atoms with Crippen molar-refractivity contribution in [2.24, 2.45) is 0 Å². The molecule has 4 rings (SSSR count). The van der Waals surface area contributed by atoms with E-state index in [1.807, 2.05) is 30.3 Å². The molecule has 0 spiro atoms. The smallest absolute Gasteiger partial charge is 0.241 e. The summed E-state index contributed by atoms with van der Waals surface area (Å²) in [5, 5.41) is 2.85. The van der Waals surface area contributed by atoms with E-state index in [2.05, 4.69) is 22.3 Å². The van der Waals surface area contributed by atoms with Crippen LogP contribution in [0.15, 0.2) is 78.9 Å². The first-order valence-corrected chi connectivity index (χ1v) is 13.7. The maximum atomic E-state index is 12.8. The molecular formula is C27H31N3O5S. The highest BCUT2D eigenvalue weighted by Crippen LogP contribution is 2.33. The van der Waals surface area contributed by atoms with Gasteiger partial charge in [0.25, 0.3) is 0 Å². The lowest BCUT2D eigenvalue weighted by molar-refractivity contribution is -0.119. The number of anilines is 1. The third kappa shape index (κ3) is 7.30. The van der Waals surface area contributed by atoms with Gasteiger partial charge in [0, 0.05) is 26.2 Å². The lowest BCUT2D eigenvalue weighted by Gasteiger charge is -2.26. The number of nitrogens with zero attached hydrogens (tertiary/aromatic N) is 2. The van der Waals surface area contributed by atoms with Crippen molar-refractivity contribution in [3.8, 4) is 11.5 Å². The van der Waals surface area contributed by atoms with Crippen molar-refractivity contribution in [3.63, 3.8) is 0 Å². The van der Waals surface area contributed by atoms with Crippen LogP contribution in [-0.2, 0) is 32.6 Å². The SMILES string of the molecule is CS(=O)(=O)N(CC(=O)NCc1cccc(CN2CCOCC2)c1)c1ccccc1Oc1ccccc1. The molecule has 1 N–H and O–H groups in total. The molecule has 1 amide bonds. The lowest BCUT2D eigenvalue weighted by atomic mass is 10.1. The summed E-state index contributed by atoms with van der Waals surface area (Å²) in [6.07, 6.45) is 1.08. The molecule has 0 bridgehead atoms. The van der Waals surface area contributed by atoms with Gasteiger partial charge in [-0.15, -0.1) is 0 Å². The molecule has 8 nitrogen and oxygen atoms in total. The number of nitrogens with one attached hydrogen (secondary N) is 1. The number of carbonyl (C=O) groups is 1. The van der Waals surface area contributed by atoms with Crippen LogP contribution in [0.2, 0.25) is 0 Å². The van der Waals surface area contributed by atoms with E-state index in [0.717, 1.165) is 54.5 Å². The van der Waals surface area contributed by atoms with Gasteiger partial charge in [0.1, 0.15) is 12.3 Å². The van der Waals surface area contributed by atoms with Gasteiger partial charge >= 0.3 is 0 Å². The standard InChI is InChI=1S/C27H31N3O5S/c1-36(32,33)30(25-12-5-6-13-26(25)35-24-10-3-2-4-11-24)21-27(31)28-19-22-8-7-9-23(18-22)20-29-14-16-34-17-15-29/h2-13,18H,14-17,19-21H2,1H3,(H,28,31). The summed E-state index contributed by atoms with van der Waals surface area (Å²) in [6, 6.07) is 23.9. The molecule has 36 heavy (non-hydrogen) atoms. The summed E-state index contributed by atoms with van der Waals surface area (Å²) in [5.41, 5.74) is 2.41. The quantitative estimate of drug-likeness (QED) is 0.451. The third-order valence-electron chi connectivity index (χ3n) is 5.78. The van der Waals surface area contributed by atoms with Crippen molar-refractivity contribution in [1.29, 1.82) is 0 Å². The summed E-state index contributed by atoms with van der Waals surface area (Å²) in [7, 11) is -3.76. The first-order valence-electron chi connectivity index (χ1n) is 11.8. The minimum absolute atomic E-state index is 0.298. The Kier molecular flexibility index (Phi) is 8.58. The van der Waals surface area contributed by atoms with Gasteiger partial charge in [-0.05, 0) is 35.4 Å². The largest absolute Gasteiger partial charge is 0.455 e. The monoisotopic (exact) mass is 509 g/mol. The van der Waals surface area contributed by atoms with Gasteiger partial charge in [-0.1, -0.05) is 54.6 Å². The Hall–Kier alpha value is -3.40. The maximum Gasteiger partial charge on any atom is 0.241 e. The number of amides is 1. The summed E-state index contributed by atoms with van der Waals surface area (Å²) < 4.78 is 37.7. The number of hydrogen-bond donors (Lipinski definition) is 1. The van der Waals surface area contributed by atoms with Gasteiger partial charge in [-0.2, -0.15) is 0 Å². The molecule has 9 heteroatoms. The summed E-state index contributed by atoms with van der Waals surface area (Å²) in [4.78, 5) is 15.2. The predicted molar refractivity (Wildman–Crippen MR) is 140 cm³/mol. The number of rotatable bonds is 10. The minimum atomic E-state index is -3.76. The highest BCUT2D eigenvalue weighted by molar-refractivity contribution is 7.92. The molecule has 3 aromatic rings. The first-order chi connectivity index (χ1) is 17.4. The number of sulfonamides is 1. The molecule has 190 valence electrons. The van der Waals surface area contributed by atoms with Gasteiger partial charge in [0.2, 0.25) is 15.9 Å². The number of carbonyl (C=O) groups excluding carboxylic acids is 1. The molecule has 0 radical (unpaired) electrons. The third-order valence-corrected chi connectivity index (χ3v) is 6.91. The van der Waals surface area contributed by atoms with E-state index in [9.17, 15) is 13.2 Å². The molecule has 1 aliphatic rings. The minimum Gasteiger partial charge on any atom is -0.455 e. The van der Waals surface area contributed by atoms with Crippen molar-refractivity contribution >= 4 is 21.6 Å². The highest BCUT2D eigenvalue weighted by Gasteiger charge is 2.24. The van der Waals surface area contributed by atoms with E-state index in [1.165, 1.54) is 0 Å². The van der Waals surface area contributed by atoms with Crippen LogP contribution >= 0.6 is 0 Å². The van der Waals surface area contributed by atoms with E-state index in [0.29, 0.717) is 23.7 Å². The zero-order valence-electron chi connectivity index (χ0n) is 20.3. The molecule has 0 aliphatic carbocycles. The second kappa shape index (κ2) is 12.0. The second-order valence-corrected chi connectivity index (χ2v) is 10.5. The van der Waals surface area contributed by atoms with Crippen LogP contribution < -0.4 is 14.4 Å². The normalized spacial score (nSPS) is 14.2. The molecular weight excluding hydrogens is 478 g/mol. The van der Waals surface area contributed by atoms with Crippen molar-refractivity contribution in [2.75, 3.05) is 43.4 Å². The number of hydrogen-bond acceptors (Lipinski definition) is 6. The predicted octanol–water partition coefficient (Wildman–Crippen LogP) is 3.39. The average molecular weight is 510 g/mol. The highest BCUT2D eigenvalue weighted by atomic mass is 32.2. The van der Waals surface area contributed by atoms with E-state index < -0.39 is 15.9 Å². The Morgan fingerprint density at radius 3 is 2.42 bits per heavy atom. The summed E-state index contributed by atoms with van der Waals surface area (Å²) in [5.74, 6) is 0.506.